The van der Waals surface area contributed by atoms with E-state index in [1.807, 2.05) is 25.2 Å². The number of amides is 3. The van der Waals surface area contributed by atoms with Crippen LogP contribution in [0.25, 0.3) is 0 Å². The van der Waals surface area contributed by atoms with Crippen molar-refractivity contribution >= 4 is 75.6 Å². The number of thioether (sulfide) groups is 1. The fraction of sp³-hybridized carbons (Fsp3) is 0.308. The van der Waals surface area contributed by atoms with Crippen LogP contribution in [0, 0.1) is 0 Å². The largest absolute Gasteiger partial charge is 0.370 e. The zero-order valence-corrected chi connectivity index (χ0v) is 23.8. The van der Waals surface area contributed by atoms with E-state index in [9.17, 15) is 9.59 Å². The average molecular weight is 588 g/mol. The number of rotatable bonds is 6. The van der Waals surface area contributed by atoms with Crippen molar-refractivity contribution in [3.8, 4) is 0 Å². The maximum Gasteiger partial charge on any atom is 0.319 e. The molecule has 0 bridgehead atoms. The first-order valence-corrected chi connectivity index (χ1v) is 14.2. The minimum absolute atomic E-state index is 0.270. The Bertz CT molecular complexity index is 1380. The monoisotopic (exact) mass is 586 g/mol. The Labute approximate surface area is 240 Å². The molecule has 0 spiro atoms. The van der Waals surface area contributed by atoms with Crippen LogP contribution in [0.1, 0.15) is 23.2 Å². The molecule has 13 heteroatoms. The lowest BCUT2D eigenvalue weighted by molar-refractivity contribution is 0.0985. The van der Waals surface area contributed by atoms with Gasteiger partial charge in [-0.2, -0.15) is 0 Å². The number of nitrogens with zero attached hydrogens (tertiary/aromatic N) is 4. The molecule has 5 rings (SSSR count). The molecule has 2 aromatic carbocycles. The third-order valence-corrected chi connectivity index (χ3v) is 8.32. The van der Waals surface area contributed by atoms with E-state index in [1.165, 1.54) is 22.9 Å². The molecule has 204 valence electrons. The Kier molecular flexibility index (Phi) is 8.31. The highest BCUT2D eigenvalue weighted by molar-refractivity contribution is 7.99. The van der Waals surface area contributed by atoms with Crippen molar-refractivity contribution < 1.29 is 9.59 Å². The third kappa shape index (κ3) is 5.86. The first-order valence-electron chi connectivity index (χ1n) is 12.5. The van der Waals surface area contributed by atoms with Gasteiger partial charge in [-0.25, -0.2) is 14.8 Å². The summed E-state index contributed by atoms with van der Waals surface area (Å²) in [5.41, 5.74) is 3.17. The lowest BCUT2D eigenvalue weighted by Gasteiger charge is -2.34. The van der Waals surface area contributed by atoms with Crippen LogP contribution in [-0.4, -0.2) is 61.0 Å². The van der Waals surface area contributed by atoms with Crippen molar-refractivity contribution in [2.45, 2.75) is 23.9 Å². The molecule has 1 aromatic heterocycles. The average Bonchev–Trinajstić information content (AvgIpc) is 2.94. The van der Waals surface area contributed by atoms with Gasteiger partial charge in [0.2, 0.25) is 5.95 Å². The summed E-state index contributed by atoms with van der Waals surface area (Å²) >= 11 is 14.1. The smallest absolute Gasteiger partial charge is 0.319 e. The van der Waals surface area contributed by atoms with Crippen molar-refractivity contribution in [1.29, 1.82) is 0 Å². The summed E-state index contributed by atoms with van der Waals surface area (Å²) in [5.74, 6) is 0.380. The molecule has 0 radical (unpaired) electrons. The van der Waals surface area contributed by atoms with Crippen molar-refractivity contribution in [2.75, 3.05) is 53.5 Å². The Hall–Kier alpha value is -3.25. The molecular weight excluding hydrogens is 559 g/mol. The van der Waals surface area contributed by atoms with Crippen molar-refractivity contribution in [3.05, 3.63) is 58.2 Å². The highest BCUT2D eigenvalue weighted by atomic mass is 35.5. The minimum atomic E-state index is -0.304. The topological polar surface area (TPSA) is 115 Å². The summed E-state index contributed by atoms with van der Waals surface area (Å²) in [5, 5.41) is 13.4. The van der Waals surface area contributed by atoms with Gasteiger partial charge in [0.15, 0.2) is 0 Å². The number of urea groups is 1. The fourth-order valence-electron chi connectivity index (χ4n) is 4.64. The van der Waals surface area contributed by atoms with Crippen LogP contribution in [-0.2, 0) is 0 Å². The van der Waals surface area contributed by atoms with Gasteiger partial charge in [0.25, 0.3) is 5.91 Å². The molecule has 0 aliphatic carbocycles. The summed E-state index contributed by atoms with van der Waals surface area (Å²) in [6.45, 7) is 1.77. The predicted octanol–water partition coefficient (Wildman–Crippen LogP) is 5.18. The van der Waals surface area contributed by atoms with E-state index in [0.29, 0.717) is 55.6 Å². The Morgan fingerprint density at radius 2 is 1.85 bits per heavy atom. The number of benzene rings is 2. The maximum absolute atomic E-state index is 13.2. The maximum atomic E-state index is 13.2. The molecule has 2 aliphatic heterocycles. The molecule has 3 heterocycles. The second kappa shape index (κ2) is 11.9. The molecule has 10 nitrogen and oxygen atoms in total. The van der Waals surface area contributed by atoms with Gasteiger partial charge in [0.05, 0.1) is 38.5 Å². The van der Waals surface area contributed by atoms with Gasteiger partial charge in [-0.1, -0.05) is 41.0 Å². The van der Waals surface area contributed by atoms with Crippen LogP contribution in [0.2, 0.25) is 10.0 Å². The Morgan fingerprint density at radius 1 is 1.10 bits per heavy atom. The van der Waals surface area contributed by atoms with Gasteiger partial charge in [-0.05, 0) is 50.2 Å². The molecule has 3 amide bonds. The van der Waals surface area contributed by atoms with Crippen molar-refractivity contribution in [3.63, 3.8) is 0 Å². The van der Waals surface area contributed by atoms with Crippen LogP contribution in [0.3, 0.4) is 0 Å². The summed E-state index contributed by atoms with van der Waals surface area (Å²) in [7, 11) is 3.57. The van der Waals surface area contributed by atoms with Crippen LogP contribution < -0.4 is 31.1 Å². The van der Waals surface area contributed by atoms with Crippen molar-refractivity contribution in [2.24, 2.45) is 0 Å². The van der Waals surface area contributed by atoms with E-state index >= 15 is 0 Å². The zero-order valence-electron chi connectivity index (χ0n) is 21.4. The third-order valence-electron chi connectivity index (χ3n) is 6.74. The molecular formula is C26H28Cl2N8O2S. The highest BCUT2D eigenvalue weighted by Crippen LogP contribution is 2.39. The van der Waals surface area contributed by atoms with E-state index in [1.54, 1.807) is 25.2 Å². The number of anilines is 5. The number of nitrogens with one attached hydrogen (secondary N) is 4. The van der Waals surface area contributed by atoms with Crippen LogP contribution in [0.15, 0.2) is 47.6 Å². The predicted molar refractivity (Wildman–Crippen MR) is 158 cm³/mol. The van der Waals surface area contributed by atoms with E-state index in [0.717, 1.165) is 31.6 Å². The second-order valence-electron chi connectivity index (χ2n) is 9.10. The highest BCUT2D eigenvalue weighted by Gasteiger charge is 2.30. The van der Waals surface area contributed by atoms with Crippen molar-refractivity contribution in [1.82, 2.24) is 20.6 Å². The number of carbonyl (C=O) groups excluding carboxylic acids is 2. The molecule has 2 aliphatic rings. The van der Waals surface area contributed by atoms with E-state index in [4.69, 9.17) is 23.2 Å². The SMILES string of the molecule is CNC(=O)Nc1cc(Nc2ncc3c(n2)SCN(c2c(Cl)cccc2Cl)C3=O)ccc1N1CCC(NC)CC1. The zero-order chi connectivity index (χ0) is 27.5. The molecule has 0 atom stereocenters. The minimum Gasteiger partial charge on any atom is -0.370 e. The Morgan fingerprint density at radius 3 is 2.54 bits per heavy atom. The summed E-state index contributed by atoms with van der Waals surface area (Å²) < 4.78 is 0. The molecule has 1 fully saturated rings. The number of carbonyl (C=O) groups is 2. The number of hydrogen-bond donors (Lipinski definition) is 4. The molecule has 3 aromatic rings. The number of piperidine rings is 1. The first kappa shape index (κ1) is 27.3. The molecule has 4 N–H and O–H groups in total. The lowest BCUT2D eigenvalue weighted by Crippen LogP contribution is -2.41. The molecule has 0 unspecified atom stereocenters. The molecule has 0 saturated carbocycles. The van der Waals surface area contributed by atoms with E-state index in [-0.39, 0.29) is 11.9 Å². The van der Waals surface area contributed by atoms with Crippen LogP contribution in [0.5, 0.6) is 0 Å². The van der Waals surface area contributed by atoms with Gasteiger partial charge >= 0.3 is 6.03 Å². The van der Waals surface area contributed by atoms with Gasteiger partial charge in [0, 0.05) is 38.1 Å². The van der Waals surface area contributed by atoms with E-state index in [2.05, 4.69) is 36.1 Å². The number of halogens is 2. The second-order valence-corrected chi connectivity index (χ2v) is 10.8. The number of fused-ring (bicyclic) bond motifs is 1. The van der Waals surface area contributed by atoms with E-state index < -0.39 is 0 Å². The lowest BCUT2D eigenvalue weighted by atomic mass is 10.0. The Balaban J connectivity index is 1.36. The molecule has 1 saturated heterocycles. The quantitative estimate of drug-likeness (QED) is 0.292. The van der Waals surface area contributed by atoms with Gasteiger partial charge in [0.1, 0.15) is 5.03 Å². The standard InChI is InChI=1S/C26H28Cl2N8O2S/c1-29-15-8-10-35(11-9-15)21-7-6-16(12-20(21)33-26(38)30-2)32-25-31-13-17-23(34-25)39-14-36(24(17)37)22-18(27)4-3-5-19(22)28/h3-7,12-13,15,29H,8-11,14H2,1-2H3,(H2,30,33,38)(H,31,32,34). The normalized spacial score (nSPS) is 15.6. The summed E-state index contributed by atoms with van der Waals surface area (Å²) in [6.07, 6.45) is 3.55. The van der Waals surface area contributed by atoms with Crippen LogP contribution in [0.4, 0.5) is 33.5 Å². The first-order chi connectivity index (χ1) is 18.9. The van der Waals surface area contributed by atoms with Crippen LogP contribution >= 0.6 is 35.0 Å². The van der Waals surface area contributed by atoms with Gasteiger partial charge < -0.3 is 26.2 Å². The molecule has 39 heavy (non-hydrogen) atoms. The fourth-order valence-corrected chi connectivity index (χ4v) is 6.18. The summed E-state index contributed by atoms with van der Waals surface area (Å²) in [4.78, 5) is 38.2. The summed E-state index contributed by atoms with van der Waals surface area (Å²) in [6, 6.07) is 11.1. The van der Waals surface area contributed by atoms with Gasteiger partial charge in [-0.3, -0.25) is 9.69 Å². The number of hydrogen-bond acceptors (Lipinski definition) is 8. The van der Waals surface area contributed by atoms with Gasteiger partial charge in [-0.15, -0.1) is 0 Å². The number of aromatic nitrogens is 2. The number of para-hydroxylation sites is 1.